The maximum atomic E-state index is 12.8. The van der Waals surface area contributed by atoms with E-state index < -0.39 is 21.2 Å². The van der Waals surface area contributed by atoms with E-state index >= 15 is 0 Å². The Morgan fingerprint density at radius 1 is 1.10 bits per heavy atom. The van der Waals surface area contributed by atoms with E-state index in [0.717, 1.165) is 5.56 Å². The van der Waals surface area contributed by atoms with Gasteiger partial charge in [0, 0.05) is 19.2 Å². The number of fused-ring (bicyclic) bond motifs is 1. The summed E-state index contributed by atoms with van der Waals surface area (Å²) < 4.78 is 41.9. The van der Waals surface area contributed by atoms with Crippen molar-refractivity contribution in [1.82, 2.24) is 4.90 Å². The van der Waals surface area contributed by atoms with Crippen molar-refractivity contribution in [2.24, 2.45) is 0 Å². The molecule has 0 aliphatic carbocycles. The highest BCUT2D eigenvalue weighted by atomic mass is 32.2. The first-order chi connectivity index (χ1) is 14.4. The van der Waals surface area contributed by atoms with Crippen LogP contribution in [0.25, 0.3) is 0 Å². The Kier molecular flexibility index (Phi) is 5.85. The van der Waals surface area contributed by atoms with Gasteiger partial charge in [-0.2, -0.15) is 0 Å². The Labute approximate surface area is 176 Å². The number of carbonyl (C=O) groups excluding carboxylic acids is 1. The number of likely N-dealkylation sites (tertiary alicyclic amines) is 1. The lowest BCUT2D eigenvalue weighted by molar-refractivity contribution is -0.138. The molecule has 0 bridgehead atoms. The fourth-order valence-electron chi connectivity index (χ4n) is 3.82. The summed E-state index contributed by atoms with van der Waals surface area (Å²) in [6.45, 7) is 2.69. The van der Waals surface area contributed by atoms with Crippen molar-refractivity contribution >= 4 is 15.7 Å². The highest BCUT2D eigenvalue weighted by Crippen LogP contribution is 2.35. The smallest absolute Gasteiger partial charge is 0.263 e. The highest BCUT2D eigenvalue weighted by Gasteiger charge is 2.33. The molecule has 1 amide bonds. The topological polar surface area (TPSA) is 82.1 Å². The van der Waals surface area contributed by atoms with Gasteiger partial charge in [-0.3, -0.25) is 4.79 Å². The van der Waals surface area contributed by atoms with Crippen molar-refractivity contribution in [3.05, 3.63) is 54.1 Å². The molecule has 0 unspecified atom stereocenters. The number of carbonyl (C=O) groups is 1. The number of nitrogens with zero attached hydrogens (tertiary/aromatic N) is 1. The van der Waals surface area contributed by atoms with Gasteiger partial charge in [0.25, 0.3) is 5.91 Å². The van der Waals surface area contributed by atoms with Gasteiger partial charge in [0.15, 0.2) is 27.4 Å². The summed E-state index contributed by atoms with van der Waals surface area (Å²) in [7, 11) is -3.26. The zero-order chi connectivity index (χ0) is 21.1. The molecule has 2 heterocycles. The number of sulfone groups is 1. The summed E-state index contributed by atoms with van der Waals surface area (Å²) in [5.74, 6) is 1.67. The zero-order valence-electron chi connectivity index (χ0n) is 16.8. The second kappa shape index (κ2) is 8.55. The molecule has 1 saturated heterocycles. The molecule has 1 fully saturated rings. The third kappa shape index (κ3) is 4.53. The van der Waals surface area contributed by atoms with Crippen LogP contribution in [0.1, 0.15) is 25.3 Å². The molecule has 160 valence electrons. The van der Waals surface area contributed by atoms with Crippen molar-refractivity contribution in [3.8, 4) is 17.2 Å². The molecule has 30 heavy (non-hydrogen) atoms. The quantitative estimate of drug-likeness (QED) is 0.700. The second-order valence-electron chi connectivity index (χ2n) is 7.59. The zero-order valence-corrected chi connectivity index (χ0v) is 17.6. The van der Waals surface area contributed by atoms with Crippen LogP contribution in [0.15, 0.2) is 48.5 Å². The Morgan fingerprint density at radius 3 is 2.53 bits per heavy atom. The van der Waals surface area contributed by atoms with Crippen LogP contribution in [0.3, 0.4) is 0 Å². The van der Waals surface area contributed by atoms with Gasteiger partial charge < -0.3 is 19.1 Å². The van der Waals surface area contributed by atoms with Crippen LogP contribution in [-0.2, 0) is 20.4 Å². The number of ether oxygens (including phenoxy) is 3. The first-order valence-electron chi connectivity index (χ1n) is 10.0. The molecule has 0 N–H and O–H groups in total. The van der Waals surface area contributed by atoms with Crippen molar-refractivity contribution in [2.45, 2.75) is 36.9 Å². The van der Waals surface area contributed by atoms with Gasteiger partial charge in [-0.05, 0) is 37.5 Å². The van der Waals surface area contributed by atoms with Crippen LogP contribution >= 0.6 is 0 Å². The molecule has 2 aromatic carbocycles. The minimum atomic E-state index is -3.26. The lowest BCUT2D eigenvalue weighted by Gasteiger charge is -2.33. The molecule has 7 nitrogen and oxygen atoms in total. The van der Waals surface area contributed by atoms with Gasteiger partial charge in [0.1, 0.15) is 5.75 Å². The van der Waals surface area contributed by atoms with E-state index in [-0.39, 0.29) is 18.5 Å². The van der Waals surface area contributed by atoms with Crippen molar-refractivity contribution < 1.29 is 27.4 Å². The average molecular weight is 432 g/mol. The highest BCUT2D eigenvalue weighted by molar-refractivity contribution is 7.91. The van der Waals surface area contributed by atoms with Crippen molar-refractivity contribution in [2.75, 3.05) is 19.9 Å². The van der Waals surface area contributed by atoms with E-state index in [1.165, 1.54) is 0 Å². The SMILES string of the molecule is C[C@@H](Oc1ccc2c(c1)OCO2)C(=O)N1CCC(S(=O)(=O)Cc2ccccc2)CC1. The summed E-state index contributed by atoms with van der Waals surface area (Å²) in [6.07, 6.45) is 0.206. The van der Waals surface area contributed by atoms with Crippen LogP contribution in [0.4, 0.5) is 0 Å². The van der Waals surface area contributed by atoms with Crippen LogP contribution < -0.4 is 14.2 Å². The standard InChI is InChI=1S/C22H25NO6S/c1-16(29-18-7-8-20-21(13-18)28-15-27-20)22(24)23-11-9-19(10-12-23)30(25,26)14-17-5-3-2-4-6-17/h2-8,13,16,19H,9-12,14-15H2,1H3/t16-/m1/s1. The molecule has 2 aromatic rings. The molecule has 0 spiro atoms. The third-order valence-corrected chi connectivity index (χ3v) is 7.70. The van der Waals surface area contributed by atoms with Gasteiger partial charge in [0.2, 0.25) is 6.79 Å². The van der Waals surface area contributed by atoms with E-state index in [1.54, 1.807) is 30.0 Å². The lowest BCUT2D eigenvalue weighted by Crippen LogP contribution is -2.47. The van der Waals surface area contributed by atoms with Gasteiger partial charge in [0.05, 0.1) is 11.0 Å². The molecular weight excluding hydrogens is 406 g/mol. The van der Waals surface area contributed by atoms with E-state index in [1.807, 2.05) is 30.3 Å². The number of hydrogen-bond acceptors (Lipinski definition) is 6. The third-order valence-electron chi connectivity index (χ3n) is 5.48. The monoisotopic (exact) mass is 431 g/mol. The van der Waals surface area contributed by atoms with Gasteiger partial charge >= 0.3 is 0 Å². The number of piperidine rings is 1. The molecule has 8 heteroatoms. The summed E-state index contributed by atoms with van der Waals surface area (Å²) >= 11 is 0. The molecular formula is C22H25NO6S. The Balaban J connectivity index is 1.31. The Bertz CT molecular complexity index is 1000. The summed E-state index contributed by atoms with van der Waals surface area (Å²) in [5.41, 5.74) is 0.793. The number of hydrogen-bond donors (Lipinski definition) is 0. The van der Waals surface area contributed by atoms with Gasteiger partial charge in [-0.15, -0.1) is 0 Å². The second-order valence-corrected chi connectivity index (χ2v) is 9.87. The van der Waals surface area contributed by atoms with Crippen LogP contribution in [0.5, 0.6) is 17.2 Å². The fourth-order valence-corrected chi connectivity index (χ4v) is 5.64. The first-order valence-corrected chi connectivity index (χ1v) is 11.7. The maximum Gasteiger partial charge on any atom is 0.263 e. The predicted octanol–water partition coefficient (Wildman–Crippen LogP) is 2.79. The van der Waals surface area contributed by atoms with E-state index in [2.05, 4.69) is 0 Å². The average Bonchev–Trinajstić information content (AvgIpc) is 3.21. The predicted molar refractivity (Wildman–Crippen MR) is 111 cm³/mol. The fraction of sp³-hybridized carbons (Fsp3) is 0.409. The molecule has 2 aliphatic rings. The van der Waals surface area contributed by atoms with E-state index in [0.29, 0.717) is 43.2 Å². The van der Waals surface area contributed by atoms with Crippen LogP contribution in [0.2, 0.25) is 0 Å². The Hall–Kier alpha value is -2.74. The number of amides is 1. The molecule has 1 atom stereocenters. The van der Waals surface area contributed by atoms with Gasteiger partial charge in [-0.1, -0.05) is 30.3 Å². The lowest BCUT2D eigenvalue weighted by atomic mass is 10.1. The summed E-state index contributed by atoms with van der Waals surface area (Å²) in [6, 6.07) is 14.4. The first kappa shape index (κ1) is 20.5. The van der Waals surface area contributed by atoms with Crippen LogP contribution in [0, 0.1) is 0 Å². The molecule has 0 radical (unpaired) electrons. The maximum absolute atomic E-state index is 12.8. The molecule has 4 rings (SSSR count). The van der Waals surface area contributed by atoms with Crippen LogP contribution in [-0.4, -0.2) is 50.5 Å². The minimum Gasteiger partial charge on any atom is -0.481 e. The molecule has 0 aromatic heterocycles. The van der Waals surface area contributed by atoms with Crippen molar-refractivity contribution in [1.29, 1.82) is 0 Å². The molecule has 2 aliphatic heterocycles. The largest absolute Gasteiger partial charge is 0.481 e. The van der Waals surface area contributed by atoms with Crippen molar-refractivity contribution in [3.63, 3.8) is 0 Å². The number of benzene rings is 2. The van der Waals surface area contributed by atoms with E-state index in [9.17, 15) is 13.2 Å². The normalized spacial score (nSPS) is 17.6. The minimum absolute atomic E-state index is 0.0378. The van der Waals surface area contributed by atoms with Gasteiger partial charge in [-0.25, -0.2) is 8.42 Å². The molecule has 0 saturated carbocycles. The van der Waals surface area contributed by atoms with E-state index in [4.69, 9.17) is 14.2 Å². The Morgan fingerprint density at radius 2 is 1.80 bits per heavy atom. The number of rotatable bonds is 6. The summed E-state index contributed by atoms with van der Waals surface area (Å²) in [4.78, 5) is 14.5. The summed E-state index contributed by atoms with van der Waals surface area (Å²) in [5, 5.41) is -0.424.